The van der Waals surface area contributed by atoms with Gasteiger partial charge in [-0.15, -0.1) is 11.3 Å². The third kappa shape index (κ3) is 32.4. The molecular weight excluding hydrogens is 941 g/mol. The van der Waals surface area contributed by atoms with Crippen LogP contribution in [0.2, 0.25) is 0 Å². The standard InChI is InChI=1S/C14H15NOS.C12H24N2O.C12H23NO.C10H20N2O.C9H20N2.4CH4/c1-10(2)8-13(16)14-15-12(9-17-14)11-6-4-3-5-7-11;1-10(2)8-11(15)14-7-6-13(5)12(3,4)9-14;1-11(2)7-6-8-12(14)13-9-4-3-5-10-13;1-9(2)8-10(13)12-6-4-11(3)5-7-12;1-9(2)3-6-11-7-4-10-5-8-11;;;;/h3-7,9-10H,8H2,1-2H3;10H,6-9H2,1-5H3;11H,3-10H2,1-2H3;9H,4-8H2,1-3H3;9-10H,3-8H2,1-2H3;4*1H4. The Labute approximate surface area is 461 Å². The lowest BCUT2D eigenvalue weighted by Gasteiger charge is -2.45. The maximum absolute atomic E-state index is 11.9. The first-order valence-electron chi connectivity index (χ1n) is 27.3. The molecule has 0 atom stereocenters. The SMILES string of the molecule is C.C.C.C.CC(C)CC(=O)N1CCN(C)C(C)(C)C1.CC(C)CC(=O)N1CCN(C)CC1.CC(C)CC(=O)c1nc(-c2ccccc2)cs1.CC(C)CCCC(=O)N1CCCCC1.CC(C)CCN1CCNCC1. The van der Waals surface area contributed by atoms with Crippen LogP contribution in [0.4, 0.5) is 0 Å². The number of nitrogens with zero attached hydrogens (tertiary/aromatic N) is 7. The lowest BCUT2D eigenvalue weighted by atomic mass is 9.99. The second kappa shape index (κ2) is 40.9. The molecule has 1 aromatic heterocycles. The van der Waals surface area contributed by atoms with E-state index in [0.717, 1.165) is 94.8 Å². The van der Waals surface area contributed by atoms with Gasteiger partial charge < -0.3 is 29.8 Å². The molecule has 4 aliphatic rings. The van der Waals surface area contributed by atoms with Gasteiger partial charge in [0.15, 0.2) is 10.8 Å². The van der Waals surface area contributed by atoms with Crippen molar-refractivity contribution in [2.45, 2.75) is 183 Å². The Morgan fingerprint density at radius 1 is 0.595 bits per heavy atom. The van der Waals surface area contributed by atoms with Crippen LogP contribution in [0.25, 0.3) is 11.3 Å². The highest BCUT2D eigenvalue weighted by Crippen LogP contribution is 2.24. The van der Waals surface area contributed by atoms with Crippen molar-refractivity contribution in [3.63, 3.8) is 0 Å². The van der Waals surface area contributed by atoms with Crippen molar-refractivity contribution in [3.05, 3.63) is 40.7 Å². The van der Waals surface area contributed by atoms with Gasteiger partial charge in [-0.05, 0) is 96.2 Å². The Kier molecular flexibility index (Phi) is 41.5. The van der Waals surface area contributed by atoms with Crippen molar-refractivity contribution in [2.75, 3.05) is 106 Å². The highest BCUT2D eigenvalue weighted by Gasteiger charge is 2.33. The van der Waals surface area contributed by atoms with Crippen molar-refractivity contribution in [2.24, 2.45) is 29.6 Å². The minimum Gasteiger partial charge on any atom is -0.343 e. The molecule has 0 spiro atoms. The fourth-order valence-electron chi connectivity index (χ4n) is 8.41. The normalized spacial score (nSPS) is 16.8. The number of carbonyl (C=O) groups excluding carboxylic acids is 4. The minimum atomic E-state index is 0. The quantitative estimate of drug-likeness (QED) is 0.174. The van der Waals surface area contributed by atoms with E-state index in [1.807, 2.05) is 64.3 Å². The third-order valence-corrected chi connectivity index (χ3v) is 14.1. The number of hydrogen-bond acceptors (Lipinski definition) is 10. The molecule has 0 saturated carbocycles. The van der Waals surface area contributed by atoms with E-state index in [4.69, 9.17) is 0 Å². The fraction of sp³-hybridized carbons (Fsp3) is 0.787. The van der Waals surface area contributed by atoms with Crippen LogP contribution in [0.3, 0.4) is 0 Å². The summed E-state index contributed by atoms with van der Waals surface area (Å²) in [4.78, 5) is 64.7. The predicted molar refractivity (Wildman–Crippen MR) is 322 cm³/mol. The maximum Gasteiger partial charge on any atom is 0.222 e. The zero-order chi connectivity index (χ0) is 52.2. The average molecular weight is 1060 g/mol. The zero-order valence-corrected chi connectivity index (χ0v) is 47.8. The molecule has 0 bridgehead atoms. The topological polar surface area (TPSA) is 113 Å². The van der Waals surface area contributed by atoms with Crippen LogP contribution in [0.1, 0.15) is 187 Å². The Hall–Kier alpha value is -3.23. The second-order valence-corrected chi connectivity index (χ2v) is 23.7. The van der Waals surface area contributed by atoms with Gasteiger partial charge in [0, 0.05) is 127 Å². The highest BCUT2D eigenvalue weighted by molar-refractivity contribution is 7.12. The monoisotopic (exact) mass is 1060 g/mol. The van der Waals surface area contributed by atoms with E-state index in [9.17, 15) is 19.2 Å². The highest BCUT2D eigenvalue weighted by atomic mass is 32.1. The maximum atomic E-state index is 11.9. The first-order valence-corrected chi connectivity index (χ1v) is 28.2. The van der Waals surface area contributed by atoms with E-state index in [1.54, 1.807) is 0 Å². The number of thiazole rings is 1. The fourth-order valence-corrected chi connectivity index (χ4v) is 9.18. The summed E-state index contributed by atoms with van der Waals surface area (Å²) in [6.07, 6.45) is 10.0. The van der Waals surface area contributed by atoms with Gasteiger partial charge in [-0.1, -0.05) is 136 Å². The first-order chi connectivity index (χ1) is 33.1. The molecular formula is C61H118N8O4S. The van der Waals surface area contributed by atoms with E-state index < -0.39 is 0 Å². The largest absolute Gasteiger partial charge is 0.343 e. The van der Waals surface area contributed by atoms with Gasteiger partial charge in [-0.2, -0.15) is 0 Å². The van der Waals surface area contributed by atoms with Crippen molar-refractivity contribution in [1.82, 2.24) is 39.7 Å². The minimum absolute atomic E-state index is 0. The molecule has 4 saturated heterocycles. The summed E-state index contributed by atoms with van der Waals surface area (Å²) < 4.78 is 0. The molecule has 1 aromatic carbocycles. The van der Waals surface area contributed by atoms with E-state index in [-0.39, 0.29) is 41.0 Å². The molecule has 0 unspecified atom stereocenters. The Morgan fingerprint density at radius 3 is 1.59 bits per heavy atom. The molecule has 2 aromatic rings. The Morgan fingerprint density at radius 2 is 1.09 bits per heavy atom. The number of likely N-dealkylation sites (tertiary alicyclic amines) is 1. The number of benzene rings is 1. The van der Waals surface area contributed by atoms with Crippen molar-refractivity contribution in [1.29, 1.82) is 0 Å². The number of piperazine rings is 3. The molecule has 432 valence electrons. The van der Waals surface area contributed by atoms with E-state index in [0.29, 0.717) is 59.7 Å². The van der Waals surface area contributed by atoms with Crippen LogP contribution >= 0.6 is 11.3 Å². The van der Waals surface area contributed by atoms with Crippen LogP contribution in [-0.2, 0) is 14.4 Å². The molecule has 0 aliphatic carbocycles. The summed E-state index contributed by atoms with van der Waals surface area (Å²) in [5, 5.41) is 5.93. The van der Waals surface area contributed by atoms with Crippen LogP contribution in [-0.4, -0.2) is 169 Å². The number of aromatic nitrogens is 1. The van der Waals surface area contributed by atoms with E-state index in [2.05, 4.69) is 108 Å². The number of Topliss-reactive ketones (excluding diaryl/α,β-unsaturated/α-hetero) is 1. The van der Waals surface area contributed by atoms with Gasteiger partial charge >= 0.3 is 0 Å². The number of ketones is 1. The lowest BCUT2D eigenvalue weighted by Crippen LogP contribution is -2.58. The summed E-state index contributed by atoms with van der Waals surface area (Å²) in [6, 6.07) is 9.94. The summed E-state index contributed by atoms with van der Waals surface area (Å²) in [7, 11) is 4.23. The number of carbonyl (C=O) groups is 4. The first kappa shape index (κ1) is 75.0. The van der Waals surface area contributed by atoms with Crippen LogP contribution in [0.15, 0.2) is 35.7 Å². The number of likely N-dealkylation sites (N-methyl/N-ethyl adjacent to an activating group) is 2. The van der Waals surface area contributed by atoms with Crippen LogP contribution < -0.4 is 5.32 Å². The van der Waals surface area contributed by atoms with Gasteiger partial charge in [0.05, 0.1) is 5.69 Å². The van der Waals surface area contributed by atoms with Crippen molar-refractivity contribution >= 4 is 34.8 Å². The number of piperidine rings is 1. The van der Waals surface area contributed by atoms with E-state index >= 15 is 0 Å². The van der Waals surface area contributed by atoms with E-state index in [1.165, 1.54) is 76.2 Å². The van der Waals surface area contributed by atoms with Gasteiger partial charge in [0.2, 0.25) is 17.7 Å². The van der Waals surface area contributed by atoms with Crippen molar-refractivity contribution in [3.8, 4) is 11.3 Å². The molecule has 1 N–H and O–H groups in total. The van der Waals surface area contributed by atoms with Gasteiger partial charge in [0.25, 0.3) is 0 Å². The summed E-state index contributed by atoms with van der Waals surface area (Å²) in [5.74, 6) is 4.06. The molecule has 12 nitrogen and oxygen atoms in total. The molecule has 13 heteroatoms. The molecule has 6 rings (SSSR count). The smallest absolute Gasteiger partial charge is 0.222 e. The molecule has 4 fully saturated rings. The Bertz CT molecular complexity index is 1730. The van der Waals surface area contributed by atoms with Crippen LogP contribution in [0.5, 0.6) is 0 Å². The average Bonchev–Trinajstić information content (AvgIpc) is 3.82. The summed E-state index contributed by atoms with van der Waals surface area (Å²) >= 11 is 1.43. The van der Waals surface area contributed by atoms with Crippen molar-refractivity contribution < 1.29 is 19.2 Å². The molecule has 4 aliphatic heterocycles. The molecule has 5 heterocycles. The number of rotatable bonds is 15. The predicted octanol–water partition coefficient (Wildman–Crippen LogP) is 12.7. The molecule has 3 amide bonds. The van der Waals surface area contributed by atoms with Gasteiger partial charge in [-0.3, -0.25) is 24.1 Å². The molecule has 0 radical (unpaired) electrons. The summed E-state index contributed by atoms with van der Waals surface area (Å²) in [5.41, 5.74) is 2.07. The lowest BCUT2D eigenvalue weighted by molar-refractivity contribution is -0.136. The number of amides is 3. The van der Waals surface area contributed by atoms with Gasteiger partial charge in [-0.25, -0.2) is 4.98 Å². The second-order valence-electron chi connectivity index (χ2n) is 22.9. The number of nitrogens with one attached hydrogen (secondary N) is 1. The zero-order valence-electron chi connectivity index (χ0n) is 47.0. The number of hydrogen-bond donors (Lipinski definition) is 1. The van der Waals surface area contributed by atoms with Crippen LogP contribution in [0, 0.1) is 29.6 Å². The Balaban J connectivity index is -0.000000846. The van der Waals surface area contributed by atoms with Gasteiger partial charge in [0.1, 0.15) is 0 Å². The molecule has 74 heavy (non-hydrogen) atoms. The summed E-state index contributed by atoms with van der Waals surface area (Å²) in [6.45, 7) is 40.6. The third-order valence-electron chi connectivity index (χ3n) is 13.2.